The highest BCUT2D eigenvalue weighted by Gasteiger charge is 2.14. The lowest BCUT2D eigenvalue weighted by molar-refractivity contribution is 0.0940. The topological polar surface area (TPSA) is 64.3 Å². The van der Waals surface area contributed by atoms with Crippen LogP contribution >= 0.6 is 12.4 Å². The normalized spacial score (nSPS) is 11.5. The number of hydrogen-bond acceptors (Lipinski definition) is 3. The van der Waals surface area contributed by atoms with Crippen molar-refractivity contribution in [3.05, 3.63) is 59.7 Å². The molecule has 124 valence electrons. The number of rotatable bonds is 5. The Bertz CT molecular complexity index is 659. The summed E-state index contributed by atoms with van der Waals surface area (Å²) < 4.78 is 5.68. The van der Waals surface area contributed by atoms with Gasteiger partial charge in [0.05, 0.1) is 17.7 Å². The van der Waals surface area contributed by atoms with E-state index in [0.29, 0.717) is 11.3 Å². The SMILES string of the molecule is CC(C)Oc1cccc(C(C)NC(=O)c2ccccc2N)c1.Cl. The van der Waals surface area contributed by atoms with Crippen LogP contribution in [0.3, 0.4) is 0 Å². The molecule has 0 aliphatic rings. The minimum atomic E-state index is -0.180. The van der Waals surface area contributed by atoms with Gasteiger partial charge < -0.3 is 15.8 Å². The number of para-hydroxylation sites is 1. The maximum Gasteiger partial charge on any atom is 0.253 e. The molecule has 0 heterocycles. The van der Waals surface area contributed by atoms with E-state index < -0.39 is 0 Å². The minimum Gasteiger partial charge on any atom is -0.491 e. The molecule has 0 fully saturated rings. The zero-order chi connectivity index (χ0) is 16.1. The van der Waals surface area contributed by atoms with E-state index in [4.69, 9.17) is 10.5 Å². The molecule has 0 bridgehead atoms. The quantitative estimate of drug-likeness (QED) is 0.813. The molecule has 4 nitrogen and oxygen atoms in total. The van der Waals surface area contributed by atoms with E-state index in [2.05, 4.69) is 5.32 Å². The third-order valence-corrected chi connectivity index (χ3v) is 3.28. The first kappa shape index (κ1) is 18.8. The molecule has 3 N–H and O–H groups in total. The molecular formula is C18H23ClN2O2. The van der Waals surface area contributed by atoms with Crippen molar-refractivity contribution in [1.29, 1.82) is 0 Å². The van der Waals surface area contributed by atoms with Crippen LogP contribution in [0.2, 0.25) is 0 Å². The van der Waals surface area contributed by atoms with Crippen molar-refractivity contribution >= 4 is 24.0 Å². The third kappa shape index (κ3) is 5.18. The number of nitrogen functional groups attached to an aromatic ring is 1. The number of ether oxygens (including phenoxy) is 1. The van der Waals surface area contributed by atoms with Crippen LogP contribution in [-0.2, 0) is 0 Å². The van der Waals surface area contributed by atoms with Crippen molar-refractivity contribution in [1.82, 2.24) is 5.32 Å². The first-order chi connectivity index (χ1) is 10.5. The predicted octanol–water partition coefficient (Wildman–Crippen LogP) is 3.97. The predicted molar refractivity (Wildman–Crippen MR) is 96.2 cm³/mol. The summed E-state index contributed by atoms with van der Waals surface area (Å²) in [5, 5.41) is 2.96. The fourth-order valence-corrected chi connectivity index (χ4v) is 2.19. The van der Waals surface area contributed by atoms with Crippen LogP contribution in [-0.4, -0.2) is 12.0 Å². The summed E-state index contributed by atoms with van der Waals surface area (Å²) in [5.74, 6) is 0.619. The van der Waals surface area contributed by atoms with Crippen LogP contribution < -0.4 is 15.8 Å². The summed E-state index contributed by atoms with van der Waals surface area (Å²) in [6, 6.07) is 14.6. The molecule has 0 radical (unpaired) electrons. The van der Waals surface area contributed by atoms with Gasteiger partial charge in [-0.05, 0) is 50.6 Å². The van der Waals surface area contributed by atoms with Gasteiger partial charge in [-0.3, -0.25) is 4.79 Å². The first-order valence-corrected chi connectivity index (χ1v) is 7.39. The maximum atomic E-state index is 12.3. The molecular weight excluding hydrogens is 312 g/mol. The Hall–Kier alpha value is -2.20. The van der Waals surface area contributed by atoms with E-state index in [9.17, 15) is 4.79 Å². The van der Waals surface area contributed by atoms with E-state index in [1.165, 1.54) is 0 Å². The minimum absolute atomic E-state index is 0. The Morgan fingerprint density at radius 3 is 2.43 bits per heavy atom. The summed E-state index contributed by atoms with van der Waals surface area (Å²) in [5.41, 5.74) is 7.79. The molecule has 1 unspecified atom stereocenters. The van der Waals surface area contributed by atoms with Gasteiger partial charge in [0.15, 0.2) is 0 Å². The van der Waals surface area contributed by atoms with Crippen molar-refractivity contribution in [3.63, 3.8) is 0 Å². The van der Waals surface area contributed by atoms with E-state index in [1.807, 2.05) is 51.1 Å². The van der Waals surface area contributed by atoms with Crippen LogP contribution in [0.25, 0.3) is 0 Å². The Kier molecular flexibility index (Phi) is 6.91. The Morgan fingerprint density at radius 1 is 1.09 bits per heavy atom. The highest BCUT2D eigenvalue weighted by atomic mass is 35.5. The second-order valence-electron chi connectivity index (χ2n) is 5.52. The molecule has 0 spiro atoms. The Balaban J connectivity index is 0.00000264. The number of carbonyl (C=O) groups is 1. The number of halogens is 1. The lowest BCUT2D eigenvalue weighted by atomic mass is 10.1. The number of amides is 1. The maximum absolute atomic E-state index is 12.3. The van der Waals surface area contributed by atoms with Crippen molar-refractivity contribution in [2.75, 3.05) is 5.73 Å². The monoisotopic (exact) mass is 334 g/mol. The molecule has 0 aromatic heterocycles. The summed E-state index contributed by atoms with van der Waals surface area (Å²) in [7, 11) is 0. The molecule has 0 aliphatic heterocycles. The summed E-state index contributed by atoms with van der Waals surface area (Å²) in [4.78, 5) is 12.3. The molecule has 2 aromatic carbocycles. The molecule has 1 amide bonds. The summed E-state index contributed by atoms with van der Waals surface area (Å²) in [6.45, 7) is 5.90. The highest BCUT2D eigenvalue weighted by molar-refractivity contribution is 5.99. The third-order valence-electron chi connectivity index (χ3n) is 3.28. The average Bonchev–Trinajstić information content (AvgIpc) is 2.47. The van der Waals surface area contributed by atoms with Crippen molar-refractivity contribution in [2.24, 2.45) is 0 Å². The lowest BCUT2D eigenvalue weighted by Gasteiger charge is -2.17. The van der Waals surface area contributed by atoms with Gasteiger partial charge in [-0.25, -0.2) is 0 Å². The number of nitrogens with one attached hydrogen (secondary N) is 1. The number of carbonyl (C=O) groups excluding carboxylic acids is 1. The fraction of sp³-hybridized carbons (Fsp3) is 0.278. The zero-order valence-corrected chi connectivity index (χ0v) is 14.4. The van der Waals surface area contributed by atoms with Crippen LogP contribution in [0.15, 0.2) is 48.5 Å². The molecule has 0 aliphatic carbocycles. The molecule has 2 rings (SSSR count). The number of anilines is 1. The Morgan fingerprint density at radius 2 is 1.78 bits per heavy atom. The van der Waals surface area contributed by atoms with Crippen molar-refractivity contribution < 1.29 is 9.53 Å². The zero-order valence-electron chi connectivity index (χ0n) is 13.6. The van der Waals surface area contributed by atoms with Crippen LogP contribution in [0.1, 0.15) is 42.7 Å². The van der Waals surface area contributed by atoms with Gasteiger partial charge >= 0.3 is 0 Å². The van der Waals surface area contributed by atoms with Gasteiger partial charge in [-0.2, -0.15) is 0 Å². The van der Waals surface area contributed by atoms with Crippen LogP contribution in [0.5, 0.6) is 5.75 Å². The number of nitrogens with two attached hydrogens (primary N) is 1. The largest absolute Gasteiger partial charge is 0.491 e. The van der Waals surface area contributed by atoms with E-state index in [-0.39, 0.29) is 30.5 Å². The molecule has 1 atom stereocenters. The molecule has 5 heteroatoms. The first-order valence-electron chi connectivity index (χ1n) is 7.39. The average molecular weight is 335 g/mol. The van der Waals surface area contributed by atoms with E-state index in [1.54, 1.807) is 18.2 Å². The van der Waals surface area contributed by atoms with Crippen molar-refractivity contribution in [3.8, 4) is 5.75 Å². The number of hydrogen-bond donors (Lipinski definition) is 2. The second-order valence-corrected chi connectivity index (χ2v) is 5.52. The second kappa shape index (κ2) is 8.44. The fourth-order valence-electron chi connectivity index (χ4n) is 2.19. The molecule has 0 saturated carbocycles. The van der Waals surface area contributed by atoms with Gasteiger partial charge in [0.2, 0.25) is 0 Å². The standard InChI is InChI=1S/C18H22N2O2.ClH/c1-12(2)22-15-8-6-7-14(11-15)13(3)20-18(21)16-9-4-5-10-17(16)19;/h4-13H,19H2,1-3H3,(H,20,21);1H. The lowest BCUT2D eigenvalue weighted by Crippen LogP contribution is -2.27. The smallest absolute Gasteiger partial charge is 0.253 e. The Labute approximate surface area is 143 Å². The van der Waals surface area contributed by atoms with E-state index in [0.717, 1.165) is 11.3 Å². The molecule has 0 saturated heterocycles. The van der Waals surface area contributed by atoms with Gasteiger partial charge in [0.25, 0.3) is 5.91 Å². The summed E-state index contributed by atoms with van der Waals surface area (Å²) >= 11 is 0. The summed E-state index contributed by atoms with van der Waals surface area (Å²) in [6.07, 6.45) is 0.115. The van der Waals surface area contributed by atoms with Crippen LogP contribution in [0.4, 0.5) is 5.69 Å². The van der Waals surface area contributed by atoms with Crippen molar-refractivity contribution in [2.45, 2.75) is 32.9 Å². The van der Waals surface area contributed by atoms with Gasteiger partial charge in [-0.15, -0.1) is 12.4 Å². The molecule has 2 aromatic rings. The van der Waals surface area contributed by atoms with Gasteiger partial charge in [0.1, 0.15) is 5.75 Å². The highest BCUT2D eigenvalue weighted by Crippen LogP contribution is 2.21. The number of benzene rings is 2. The van der Waals surface area contributed by atoms with Crippen LogP contribution in [0, 0.1) is 0 Å². The van der Waals surface area contributed by atoms with Gasteiger partial charge in [-0.1, -0.05) is 24.3 Å². The van der Waals surface area contributed by atoms with Gasteiger partial charge in [0, 0.05) is 5.69 Å². The molecule has 23 heavy (non-hydrogen) atoms. The van der Waals surface area contributed by atoms with E-state index >= 15 is 0 Å².